The predicted octanol–water partition coefficient (Wildman–Crippen LogP) is 2.57. The minimum absolute atomic E-state index is 0.306. The summed E-state index contributed by atoms with van der Waals surface area (Å²) in [5.74, 6) is 1.32. The largest absolute Gasteiger partial charge is 0.497 e. The Morgan fingerprint density at radius 3 is 2.67 bits per heavy atom. The zero-order valence-corrected chi connectivity index (χ0v) is 10.3. The zero-order chi connectivity index (χ0) is 12.5. The average molecular weight is 240 g/mol. The van der Waals surface area contributed by atoms with Crippen LogP contribution in [-0.4, -0.2) is 18.1 Å². The Hall–Kier alpha value is -1.87. The Morgan fingerprint density at radius 2 is 2.06 bits per heavy atom. The summed E-state index contributed by atoms with van der Waals surface area (Å²) >= 11 is 0. The van der Waals surface area contributed by atoms with Crippen LogP contribution < -0.4 is 10.5 Å². The molecule has 1 aromatic carbocycles. The fourth-order valence-electron chi connectivity index (χ4n) is 2.15. The highest BCUT2D eigenvalue weighted by Crippen LogP contribution is 2.38. The van der Waals surface area contributed by atoms with Crippen LogP contribution in [0.25, 0.3) is 11.1 Å². The van der Waals surface area contributed by atoms with E-state index in [-0.39, 0.29) is 0 Å². The third-order valence-corrected chi connectivity index (χ3v) is 3.41. The van der Waals surface area contributed by atoms with Gasteiger partial charge in [0.2, 0.25) is 0 Å². The number of nitrogens with zero attached hydrogens (tertiary/aromatic N) is 1. The maximum atomic E-state index is 5.83. The molecule has 1 aliphatic carbocycles. The topological polar surface area (TPSA) is 48.1 Å². The molecule has 0 amide bonds. The molecule has 1 saturated carbocycles. The molecule has 2 N–H and O–H groups in total. The van der Waals surface area contributed by atoms with Crippen molar-refractivity contribution in [3.8, 4) is 16.9 Å². The van der Waals surface area contributed by atoms with Gasteiger partial charge in [0, 0.05) is 29.4 Å². The number of aromatic nitrogens is 1. The first-order chi connectivity index (χ1) is 8.78. The lowest BCUT2D eigenvalue weighted by Gasteiger charge is -2.05. The fraction of sp³-hybridized carbons (Fsp3) is 0.267. The lowest BCUT2D eigenvalue weighted by atomic mass is 10.1. The van der Waals surface area contributed by atoms with Crippen molar-refractivity contribution >= 4 is 0 Å². The maximum absolute atomic E-state index is 5.83. The first kappa shape index (κ1) is 11.2. The van der Waals surface area contributed by atoms with Gasteiger partial charge in [0.05, 0.1) is 7.11 Å². The minimum atomic E-state index is 0.306. The van der Waals surface area contributed by atoms with E-state index in [1.165, 1.54) is 0 Å². The number of pyridine rings is 1. The molecule has 0 radical (unpaired) electrons. The van der Waals surface area contributed by atoms with E-state index in [0.717, 1.165) is 29.0 Å². The third-order valence-electron chi connectivity index (χ3n) is 3.41. The van der Waals surface area contributed by atoms with Crippen molar-refractivity contribution < 1.29 is 4.74 Å². The predicted molar refractivity (Wildman–Crippen MR) is 71.6 cm³/mol. The molecule has 1 heterocycles. The third kappa shape index (κ3) is 2.09. The van der Waals surface area contributed by atoms with Gasteiger partial charge in [-0.1, -0.05) is 18.2 Å². The number of rotatable bonds is 3. The molecule has 3 heteroatoms. The number of hydrogen-bond acceptors (Lipinski definition) is 3. The van der Waals surface area contributed by atoms with E-state index >= 15 is 0 Å². The van der Waals surface area contributed by atoms with Crippen molar-refractivity contribution in [1.29, 1.82) is 0 Å². The molecule has 1 aromatic heterocycles. The van der Waals surface area contributed by atoms with Gasteiger partial charge in [-0.3, -0.25) is 4.98 Å². The molecule has 1 fully saturated rings. The molecule has 2 aromatic rings. The van der Waals surface area contributed by atoms with Crippen LogP contribution in [0.1, 0.15) is 18.0 Å². The van der Waals surface area contributed by atoms with E-state index in [1.54, 1.807) is 7.11 Å². The minimum Gasteiger partial charge on any atom is -0.497 e. The van der Waals surface area contributed by atoms with Crippen molar-refractivity contribution in [2.75, 3.05) is 7.11 Å². The number of nitrogens with two attached hydrogens (primary N) is 1. The van der Waals surface area contributed by atoms with Crippen molar-refractivity contribution in [2.24, 2.45) is 5.73 Å². The Kier molecular flexibility index (Phi) is 2.76. The molecule has 92 valence electrons. The smallest absolute Gasteiger partial charge is 0.119 e. The monoisotopic (exact) mass is 240 g/mol. The second kappa shape index (κ2) is 4.42. The molecular weight excluding hydrogens is 224 g/mol. The number of ether oxygens (including phenoxy) is 1. The highest BCUT2D eigenvalue weighted by Gasteiger charge is 2.35. The molecule has 0 aliphatic heterocycles. The summed E-state index contributed by atoms with van der Waals surface area (Å²) in [4.78, 5) is 4.50. The van der Waals surface area contributed by atoms with Crippen LogP contribution in [0.15, 0.2) is 42.6 Å². The summed E-state index contributed by atoms with van der Waals surface area (Å²) in [6, 6.07) is 12.5. The summed E-state index contributed by atoms with van der Waals surface area (Å²) in [6.45, 7) is 0. The molecule has 0 spiro atoms. The van der Waals surface area contributed by atoms with Gasteiger partial charge in [0.1, 0.15) is 5.75 Å². The molecule has 2 atom stereocenters. The first-order valence-corrected chi connectivity index (χ1v) is 6.14. The Morgan fingerprint density at radius 1 is 1.22 bits per heavy atom. The van der Waals surface area contributed by atoms with Crippen molar-refractivity contribution in [3.05, 3.63) is 48.3 Å². The Labute approximate surface area is 107 Å². The Bertz CT molecular complexity index is 551. The summed E-state index contributed by atoms with van der Waals surface area (Å²) in [7, 11) is 1.68. The molecule has 0 saturated heterocycles. The number of methoxy groups -OCH3 is 1. The SMILES string of the molecule is COc1cccc(-c2ccc(C3CC3N)nc2)c1. The van der Waals surface area contributed by atoms with Gasteiger partial charge < -0.3 is 10.5 Å². The molecular formula is C15H16N2O. The maximum Gasteiger partial charge on any atom is 0.119 e. The van der Waals surface area contributed by atoms with Crippen LogP contribution in [0.2, 0.25) is 0 Å². The second-order valence-electron chi connectivity index (χ2n) is 4.71. The second-order valence-corrected chi connectivity index (χ2v) is 4.71. The van der Waals surface area contributed by atoms with Crippen LogP contribution in [0.4, 0.5) is 0 Å². The standard InChI is InChI=1S/C15H16N2O/c1-18-12-4-2-3-10(7-12)11-5-6-15(17-9-11)13-8-14(13)16/h2-7,9,13-14H,8,16H2,1H3. The zero-order valence-electron chi connectivity index (χ0n) is 10.3. The van der Waals surface area contributed by atoms with Crippen molar-refractivity contribution in [3.63, 3.8) is 0 Å². The molecule has 3 rings (SSSR count). The lowest BCUT2D eigenvalue weighted by molar-refractivity contribution is 0.415. The van der Waals surface area contributed by atoms with E-state index in [0.29, 0.717) is 12.0 Å². The van der Waals surface area contributed by atoms with Crippen molar-refractivity contribution in [2.45, 2.75) is 18.4 Å². The molecule has 0 bridgehead atoms. The molecule has 1 aliphatic rings. The molecule has 2 unspecified atom stereocenters. The van der Waals surface area contributed by atoms with Crippen LogP contribution in [0, 0.1) is 0 Å². The molecule has 3 nitrogen and oxygen atoms in total. The van der Waals surface area contributed by atoms with Gasteiger partial charge in [-0.2, -0.15) is 0 Å². The summed E-state index contributed by atoms with van der Waals surface area (Å²) in [5.41, 5.74) is 9.16. The average Bonchev–Trinajstić information content (AvgIpc) is 3.16. The van der Waals surface area contributed by atoms with Gasteiger partial charge in [-0.15, -0.1) is 0 Å². The van der Waals surface area contributed by atoms with Crippen LogP contribution in [-0.2, 0) is 0 Å². The van der Waals surface area contributed by atoms with E-state index in [1.807, 2.05) is 24.4 Å². The summed E-state index contributed by atoms with van der Waals surface area (Å²) in [5, 5.41) is 0. The number of hydrogen-bond donors (Lipinski definition) is 1. The number of benzene rings is 1. The van der Waals surface area contributed by atoms with Crippen LogP contribution in [0.3, 0.4) is 0 Å². The van der Waals surface area contributed by atoms with Gasteiger partial charge in [0.15, 0.2) is 0 Å². The first-order valence-electron chi connectivity index (χ1n) is 6.14. The summed E-state index contributed by atoms with van der Waals surface area (Å²) < 4.78 is 5.23. The van der Waals surface area contributed by atoms with Gasteiger partial charge in [0.25, 0.3) is 0 Å². The van der Waals surface area contributed by atoms with E-state index in [9.17, 15) is 0 Å². The van der Waals surface area contributed by atoms with Crippen LogP contribution in [0.5, 0.6) is 5.75 Å². The summed E-state index contributed by atoms with van der Waals surface area (Å²) in [6.07, 6.45) is 2.97. The van der Waals surface area contributed by atoms with Gasteiger partial charge in [-0.25, -0.2) is 0 Å². The lowest BCUT2D eigenvalue weighted by Crippen LogP contribution is -2.01. The fourth-order valence-corrected chi connectivity index (χ4v) is 2.15. The highest BCUT2D eigenvalue weighted by molar-refractivity contribution is 5.64. The van der Waals surface area contributed by atoms with Crippen LogP contribution >= 0.6 is 0 Å². The van der Waals surface area contributed by atoms with E-state index < -0.39 is 0 Å². The van der Waals surface area contributed by atoms with E-state index in [4.69, 9.17) is 10.5 Å². The van der Waals surface area contributed by atoms with Crippen molar-refractivity contribution in [1.82, 2.24) is 4.98 Å². The van der Waals surface area contributed by atoms with Gasteiger partial charge >= 0.3 is 0 Å². The van der Waals surface area contributed by atoms with Gasteiger partial charge in [-0.05, 0) is 30.2 Å². The normalized spacial score (nSPS) is 21.7. The quantitative estimate of drug-likeness (QED) is 0.897. The highest BCUT2D eigenvalue weighted by atomic mass is 16.5. The Balaban J connectivity index is 1.87. The molecule has 18 heavy (non-hydrogen) atoms. The van der Waals surface area contributed by atoms with E-state index in [2.05, 4.69) is 23.2 Å².